The van der Waals surface area contributed by atoms with Crippen LogP contribution in [0.1, 0.15) is 31.9 Å². The van der Waals surface area contributed by atoms with Crippen LogP contribution in [0.15, 0.2) is 12.5 Å². The Balaban J connectivity index is 1.85. The molecule has 1 aliphatic carbocycles. The van der Waals surface area contributed by atoms with Gasteiger partial charge in [-0.3, -0.25) is 9.59 Å². The number of rotatable bonds is 6. The Labute approximate surface area is 118 Å². The Morgan fingerprint density at radius 3 is 2.80 bits per heavy atom. The predicted octanol–water partition coefficient (Wildman–Crippen LogP) is 1.21. The number of hydrogen-bond donors (Lipinski definition) is 3. The summed E-state index contributed by atoms with van der Waals surface area (Å²) in [6.45, 7) is 2.54. The van der Waals surface area contributed by atoms with Crippen molar-refractivity contribution in [1.82, 2.24) is 15.3 Å². The topological polar surface area (TPSA) is 95.1 Å². The van der Waals surface area contributed by atoms with E-state index in [2.05, 4.69) is 15.3 Å². The fourth-order valence-corrected chi connectivity index (χ4v) is 2.91. The molecule has 0 aliphatic heterocycles. The summed E-state index contributed by atoms with van der Waals surface area (Å²) in [5.41, 5.74) is 0.956. The number of amides is 1. The molecule has 1 unspecified atom stereocenters. The Morgan fingerprint density at radius 2 is 2.20 bits per heavy atom. The van der Waals surface area contributed by atoms with E-state index in [9.17, 15) is 14.7 Å². The van der Waals surface area contributed by atoms with Crippen molar-refractivity contribution in [3.63, 3.8) is 0 Å². The fraction of sp³-hybridized carbons (Fsp3) is 0.643. The van der Waals surface area contributed by atoms with Crippen molar-refractivity contribution in [2.75, 3.05) is 6.54 Å². The van der Waals surface area contributed by atoms with Crippen molar-refractivity contribution >= 4 is 11.9 Å². The van der Waals surface area contributed by atoms with E-state index in [4.69, 9.17) is 0 Å². The lowest BCUT2D eigenvalue weighted by atomic mass is 9.95. The summed E-state index contributed by atoms with van der Waals surface area (Å²) < 4.78 is 0. The minimum atomic E-state index is -0.852. The molecule has 1 heterocycles. The molecule has 0 radical (unpaired) electrons. The number of aromatic amines is 1. The van der Waals surface area contributed by atoms with Crippen LogP contribution in [-0.2, 0) is 16.0 Å². The molecule has 0 aromatic carbocycles. The summed E-state index contributed by atoms with van der Waals surface area (Å²) in [5, 5.41) is 12.1. The van der Waals surface area contributed by atoms with Gasteiger partial charge in [0.2, 0.25) is 5.91 Å². The Kier molecular flexibility index (Phi) is 4.76. The summed E-state index contributed by atoms with van der Waals surface area (Å²) in [6, 6.07) is 0. The molecule has 0 saturated heterocycles. The standard InChI is InChI=1S/C14H21N3O3/c1-2-9-5-11(12(6-9)14(19)20)13(18)16-4-3-10-7-15-8-17-10/h7-9,11-12H,2-6H2,1H3,(H,15,17)(H,16,18)(H,19,20)/t9?,11-,12+/m0/s1. The van der Waals surface area contributed by atoms with Crippen molar-refractivity contribution in [2.24, 2.45) is 17.8 Å². The lowest BCUT2D eigenvalue weighted by Gasteiger charge is -2.15. The number of H-pyrrole nitrogens is 1. The van der Waals surface area contributed by atoms with Gasteiger partial charge in [0.25, 0.3) is 0 Å². The smallest absolute Gasteiger partial charge is 0.307 e. The number of nitrogens with one attached hydrogen (secondary N) is 2. The number of nitrogens with zero attached hydrogens (tertiary/aromatic N) is 1. The van der Waals surface area contributed by atoms with Gasteiger partial charge in [0.05, 0.1) is 18.2 Å². The van der Waals surface area contributed by atoms with Crippen LogP contribution < -0.4 is 5.32 Å². The van der Waals surface area contributed by atoms with Crippen molar-refractivity contribution in [2.45, 2.75) is 32.6 Å². The van der Waals surface area contributed by atoms with E-state index in [0.717, 1.165) is 12.1 Å². The Bertz CT molecular complexity index is 458. The van der Waals surface area contributed by atoms with Crippen molar-refractivity contribution in [1.29, 1.82) is 0 Å². The van der Waals surface area contributed by atoms with Gasteiger partial charge in [-0.15, -0.1) is 0 Å². The molecule has 1 amide bonds. The van der Waals surface area contributed by atoms with Gasteiger partial charge in [-0.1, -0.05) is 13.3 Å². The molecule has 1 aromatic rings. The van der Waals surface area contributed by atoms with Gasteiger partial charge >= 0.3 is 5.97 Å². The second-order valence-electron chi connectivity index (χ2n) is 5.41. The second-order valence-corrected chi connectivity index (χ2v) is 5.41. The molecule has 1 fully saturated rings. The lowest BCUT2D eigenvalue weighted by Crippen LogP contribution is -2.36. The third-order valence-corrected chi connectivity index (χ3v) is 4.14. The van der Waals surface area contributed by atoms with Gasteiger partial charge in [-0.2, -0.15) is 0 Å². The van der Waals surface area contributed by atoms with Crippen LogP contribution >= 0.6 is 0 Å². The Morgan fingerprint density at radius 1 is 1.45 bits per heavy atom. The second kappa shape index (κ2) is 6.54. The highest BCUT2D eigenvalue weighted by atomic mass is 16.4. The predicted molar refractivity (Wildman–Crippen MR) is 72.9 cm³/mol. The lowest BCUT2D eigenvalue weighted by molar-refractivity contribution is -0.146. The molecule has 6 nitrogen and oxygen atoms in total. The number of imidazole rings is 1. The molecule has 0 bridgehead atoms. The largest absolute Gasteiger partial charge is 0.481 e. The molecule has 1 aromatic heterocycles. The first-order chi connectivity index (χ1) is 9.61. The van der Waals surface area contributed by atoms with Crippen molar-refractivity contribution < 1.29 is 14.7 Å². The molecule has 3 N–H and O–H groups in total. The van der Waals surface area contributed by atoms with Crippen LogP contribution in [0.3, 0.4) is 0 Å². The van der Waals surface area contributed by atoms with Crippen molar-refractivity contribution in [3.8, 4) is 0 Å². The summed E-state index contributed by atoms with van der Waals surface area (Å²) in [7, 11) is 0. The molecule has 1 saturated carbocycles. The van der Waals surface area contributed by atoms with Gasteiger partial charge in [0.15, 0.2) is 0 Å². The third-order valence-electron chi connectivity index (χ3n) is 4.14. The summed E-state index contributed by atoms with van der Waals surface area (Å²) in [5.74, 6) is -1.56. The maximum absolute atomic E-state index is 12.1. The van der Waals surface area contributed by atoms with E-state index in [0.29, 0.717) is 31.7 Å². The van der Waals surface area contributed by atoms with Gasteiger partial charge in [0, 0.05) is 24.9 Å². The van der Waals surface area contributed by atoms with Crippen LogP contribution in [-0.4, -0.2) is 33.5 Å². The monoisotopic (exact) mass is 279 g/mol. The highest BCUT2D eigenvalue weighted by molar-refractivity contribution is 5.85. The number of carbonyl (C=O) groups excluding carboxylic acids is 1. The molecule has 0 spiro atoms. The quantitative estimate of drug-likeness (QED) is 0.729. The first-order valence-corrected chi connectivity index (χ1v) is 7.09. The number of aliphatic carboxylic acids is 1. The van der Waals surface area contributed by atoms with Gasteiger partial charge < -0.3 is 15.4 Å². The van der Waals surface area contributed by atoms with Crippen LogP contribution in [0, 0.1) is 17.8 Å². The summed E-state index contributed by atoms with van der Waals surface area (Å²) in [4.78, 5) is 30.3. The SMILES string of the molecule is CCC1C[C@H](C(=O)NCCc2cnc[nH]2)[C@H](C(=O)O)C1. The molecule has 3 atom stereocenters. The Hall–Kier alpha value is -1.85. The van der Waals surface area contributed by atoms with Gasteiger partial charge in [-0.25, -0.2) is 4.98 Å². The van der Waals surface area contributed by atoms with E-state index < -0.39 is 11.9 Å². The molecule has 20 heavy (non-hydrogen) atoms. The zero-order chi connectivity index (χ0) is 14.5. The van der Waals surface area contributed by atoms with Crippen LogP contribution in [0.5, 0.6) is 0 Å². The number of hydrogen-bond acceptors (Lipinski definition) is 3. The van der Waals surface area contributed by atoms with Crippen molar-refractivity contribution in [3.05, 3.63) is 18.2 Å². The van der Waals surface area contributed by atoms with Crippen LogP contribution in [0.2, 0.25) is 0 Å². The van der Waals surface area contributed by atoms with E-state index >= 15 is 0 Å². The highest BCUT2D eigenvalue weighted by Gasteiger charge is 2.41. The van der Waals surface area contributed by atoms with E-state index in [1.165, 1.54) is 0 Å². The normalized spacial score (nSPS) is 25.6. The average Bonchev–Trinajstić information content (AvgIpc) is 3.07. The van der Waals surface area contributed by atoms with Crippen LogP contribution in [0.25, 0.3) is 0 Å². The first-order valence-electron chi connectivity index (χ1n) is 7.09. The molecule has 2 rings (SSSR count). The molecule has 1 aliphatic rings. The van der Waals surface area contributed by atoms with E-state index in [1.807, 2.05) is 6.92 Å². The minimum Gasteiger partial charge on any atom is -0.481 e. The van der Waals surface area contributed by atoms with E-state index in [-0.39, 0.29) is 11.8 Å². The number of carboxylic acids is 1. The fourth-order valence-electron chi connectivity index (χ4n) is 2.91. The third kappa shape index (κ3) is 3.37. The van der Waals surface area contributed by atoms with E-state index in [1.54, 1.807) is 12.5 Å². The molecular formula is C14H21N3O3. The molecular weight excluding hydrogens is 258 g/mol. The number of carbonyl (C=O) groups is 2. The zero-order valence-corrected chi connectivity index (χ0v) is 11.6. The minimum absolute atomic E-state index is 0.132. The maximum atomic E-state index is 12.1. The maximum Gasteiger partial charge on any atom is 0.307 e. The molecule has 110 valence electrons. The van der Waals surface area contributed by atoms with Gasteiger partial charge in [-0.05, 0) is 18.8 Å². The molecule has 6 heteroatoms. The average molecular weight is 279 g/mol. The summed E-state index contributed by atoms with van der Waals surface area (Å²) >= 11 is 0. The van der Waals surface area contributed by atoms with Gasteiger partial charge in [0.1, 0.15) is 0 Å². The first kappa shape index (κ1) is 14.6. The summed E-state index contributed by atoms with van der Waals surface area (Å²) in [6.07, 6.45) is 6.22. The number of carboxylic acid groups (broad SMARTS) is 1. The van der Waals surface area contributed by atoms with Crippen LogP contribution in [0.4, 0.5) is 0 Å². The zero-order valence-electron chi connectivity index (χ0n) is 11.6. The number of aromatic nitrogens is 2. The highest BCUT2D eigenvalue weighted by Crippen LogP contribution is 2.38.